The molecule has 0 atom stereocenters. The van der Waals surface area contributed by atoms with Crippen molar-refractivity contribution in [1.82, 2.24) is 24.5 Å². The third-order valence-electron chi connectivity index (χ3n) is 8.89. The van der Waals surface area contributed by atoms with Crippen LogP contribution in [0, 0.1) is 0 Å². The number of nitrogens with zero attached hydrogens (tertiary/aromatic N) is 5. The van der Waals surface area contributed by atoms with E-state index in [2.05, 4.69) is 119 Å². The molecule has 0 radical (unpaired) electrons. The molecule has 6 nitrogen and oxygen atoms in total. The lowest BCUT2D eigenvalue weighted by Crippen LogP contribution is -2.06. The largest absolute Gasteiger partial charge is 0.438 e. The molecule has 0 aliphatic rings. The molecule has 0 aliphatic heterocycles. The number of aromatic nitrogens is 5. The van der Waals surface area contributed by atoms with E-state index in [0.717, 1.165) is 65.4 Å². The Morgan fingerprint density at radius 2 is 1.20 bits per heavy atom. The van der Waals surface area contributed by atoms with Crippen LogP contribution in [0.4, 0.5) is 0 Å². The smallest absolute Gasteiger partial charge is 0.238 e. The van der Waals surface area contributed by atoms with Crippen LogP contribution >= 0.6 is 0 Å². The van der Waals surface area contributed by atoms with Crippen molar-refractivity contribution in [2.75, 3.05) is 0 Å². The van der Waals surface area contributed by atoms with Gasteiger partial charge < -0.3 is 4.42 Å². The Morgan fingerprint density at radius 3 is 2.07 bits per heavy atom. The molecule has 6 aromatic carbocycles. The summed E-state index contributed by atoms with van der Waals surface area (Å²) in [6.07, 6.45) is 1.76. The van der Waals surface area contributed by atoms with Crippen molar-refractivity contribution in [3.63, 3.8) is 0 Å². The van der Waals surface area contributed by atoms with Crippen LogP contribution < -0.4 is 0 Å². The Hall–Kier alpha value is -6.40. The Morgan fingerprint density at radius 1 is 0.500 bits per heavy atom. The highest BCUT2D eigenvalue weighted by Gasteiger charge is 2.21. The van der Waals surface area contributed by atoms with Crippen molar-refractivity contribution < 1.29 is 4.42 Å². The molecule has 0 unspecified atom stereocenters. The maximum Gasteiger partial charge on any atom is 0.238 e. The molecule has 0 saturated heterocycles. The summed E-state index contributed by atoms with van der Waals surface area (Å²) >= 11 is 0. The molecule has 4 heterocycles. The van der Waals surface area contributed by atoms with E-state index < -0.39 is 0 Å². The number of hydrogen-bond donors (Lipinski definition) is 0. The second-order valence-electron chi connectivity index (χ2n) is 11.6. The van der Waals surface area contributed by atoms with Crippen LogP contribution in [0.25, 0.3) is 94.1 Å². The maximum atomic E-state index is 6.15. The lowest BCUT2D eigenvalue weighted by atomic mass is 10.1. The van der Waals surface area contributed by atoms with E-state index in [-0.39, 0.29) is 0 Å². The van der Waals surface area contributed by atoms with Crippen LogP contribution in [0.5, 0.6) is 0 Å². The Balaban J connectivity index is 1.32. The summed E-state index contributed by atoms with van der Waals surface area (Å²) in [4.78, 5) is 20.1. The molecule has 4 aromatic heterocycles. The van der Waals surface area contributed by atoms with Crippen molar-refractivity contribution in [3.05, 3.63) is 140 Å². The molecule has 6 heteroatoms. The van der Waals surface area contributed by atoms with Gasteiger partial charge in [-0.15, -0.1) is 0 Å². The maximum absolute atomic E-state index is 6.15. The lowest BCUT2D eigenvalue weighted by molar-refractivity contribution is 0.654. The molecule has 46 heavy (non-hydrogen) atoms. The van der Waals surface area contributed by atoms with Gasteiger partial charge in [0.25, 0.3) is 0 Å². The van der Waals surface area contributed by atoms with Gasteiger partial charge in [0.05, 0.1) is 16.4 Å². The first-order chi connectivity index (χ1) is 22.8. The number of para-hydroxylation sites is 2. The zero-order chi connectivity index (χ0) is 30.2. The fraction of sp³-hybridized carbons (Fsp3) is 0. The topological polar surface area (TPSA) is 69.6 Å². The Labute approximate surface area is 262 Å². The quantitative estimate of drug-likeness (QED) is 0.205. The molecule has 0 aliphatic carbocycles. The first-order valence-electron chi connectivity index (χ1n) is 15.2. The summed E-state index contributed by atoms with van der Waals surface area (Å²) in [5, 5.41) is 8.78. The van der Waals surface area contributed by atoms with Crippen molar-refractivity contribution in [1.29, 1.82) is 0 Å². The van der Waals surface area contributed by atoms with E-state index >= 15 is 0 Å². The number of fused-ring (bicyclic) bond motifs is 8. The normalized spacial score (nSPS) is 11.9. The van der Waals surface area contributed by atoms with Crippen molar-refractivity contribution in [2.24, 2.45) is 0 Å². The Kier molecular flexibility index (Phi) is 5.19. The number of pyridine rings is 1. The second kappa shape index (κ2) is 9.55. The van der Waals surface area contributed by atoms with Gasteiger partial charge in [-0.1, -0.05) is 97.1 Å². The molecular weight excluding hydrogens is 566 g/mol. The fourth-order valence-electron chi connectivity index (χ4n) is 6.75. The molecule has 10 aromatic rings. The molecule has 10 rings (SSSR count). The summed E-state index contributed by atoms with van der Waals surface area (Å²) in [5.41, 5.74) is 5.15. The third kappa shape index (κ3) is 3.70. The van der Waals surface area contributed by atoms with Gasteiger partial charge in [-0.3, -0.25) is 4.57 Å². The predicted octanol–water partition coefficient (Wildman–Crippen LogP) is 9.90. The average molecular weight is 590 g/mol. The third-order valence-corrected chi connectivity index (χ3v) is 8.89. The molecule has 0 bridgehead atoms. The summed E-state index contributed by atoms with van der Waals surface area (Å²) in [7, 11) is 0. The highest BCUT2D eigenvalue weighted by Crippen LogP contribution is 2.37. The first-order valence-corrected chi connectivity index (χ1v) is 15.2. The fourth-order valence-corrected chi connectivity index (χ4v) is 6.75. The van der Waals surface area contributed by atoms with Crippen molar-refractivity contribution in [2.45, 2.75) is 0 Å². The van der Waals surface area contributed by atoms with Crippen LogP contribution in [0.15, 0.2) is 144 Å². The van der Waals surface area contributed by atoms with Crippen molar-refractivity contribution in [3.8, 4) is 28.7 Å². The van der Waals surface area contributed by atoms with E-state index in [4.69, 9.17) is 19.4 Å². The molecule has 0 spiro atoms. The van der Waals surface area contributed by atoms with Gasteiger partial charge in [0.1, 0.15) is 5.58 Å². The molecule has 0 saturated carbocycles. The standard InChI is InChI=1S/C40H23N5O/c1-2-10-25-21-28(18-17-24(25)9-1)37-42-38(31-19-20-41-39-36(31)30-14-6-8-16-35(30)46-39)44-40(43-37)45-33-15-7-5-13-29(33)32-22-26-11-3-4-12-27(26)23-34(32)45/h1-23H. The van der Waals surface area contributed by atoms with Gasteiger partial charge in [-0.05, 0) is 57.9 Å². The SMILES string of the molecule is c1ccc2cc(-c3nc(-c4ccnc5oc6ccccc6c45)nc(-n4c5ccccc5c5cc6ccccc6cc54)n3)ccc2c1. The van der Waals surface area contributed by atoms with Gasteiger partial charge in [-0.2, -0.15) is 9.97 Å². The predicted molar refractivity (Wildman–Crippen MR) is 185 cm³/mol. The summed E-state index contributed by atoms with van der Waals surface area (Å²) in [6, 6.07) is 46.0. The highest BCUT2D eigenvalue weighted by molar-refractivity contribution is 6.14. The van der Waals surface area contributed by atoms with Crippen molar-refractivity contribution >= 4 is 65.4 Å². The summed E-state index contributed by atoms with van der Waals surface area (Å²) < 4.78 is 8.31. The monoisotopic (exact) mass is 589 g/mol. The van der Waals surface area contributed by atoms with E-state index in [9.17, 15) is 0 Å². The number of furan rings is 1. The highest BCUT2D eigenvalue weighted by atomic mass is 16.3. The first kappa shape index (κ1) is 25.0. The lowest BCUT2D eigenvalue weighted by Gasteiger charge is -2.12. The van der Waals surface area contributed by atoms with E-state index in [0.29, 0.717) is 23.3 Å². The van der Waals surface area contributed by atoms with E-state index in [1.165, 1.54) is 5.39 Å². The average Bonchev–Trinajstić information content (AvgIpc) is 3.66. The molecule has 214 valence electrons. The van der Waals surface area contributed by atoms with E-state index in [1.807, 2.05) is 24.3 Å². The van der Waals surface area contributed by atoms with Crippen LogP contribution in [0.2, 0.25) is 0 Å². The van der Waals surface area contributed by atoms with Gasteiger partial charge in [0, 0.05) is 33.5 Å². The minimum Gasteiger partial charge on any atom is -0.438 e. The zero-order valence-corrected chi connectivity index (χ0v) is 24.4. The van der Waals surface area contributed by atoms with Gasteiger partial charge in [-0.25, -0.2) is 9.97 Å². The number of hydrogen-bond acceptors (Lipinski definition) is 5. The van der Waals surface area contributed by atoms with E-state index in [1.54, 1.807) is 6.20 Å². The van der Waals surface area contributed by atoms with Crippen LogP contribution in [-0.4, -0.2) is 24.5 Å². The molecule has 0 amide bonds. The minimum absolute atomic E-state index is 0.549. The van der Waals surface area contributed by atoms with Crippen LogP contribution in [0.3, 0.4) is 0 Å². The van der Waals surface area contributed by atoms with Crippen LogP contribution in [-0.2, 0) is 0 Å². The van der Waals surface area contributed by atoms with Gasteiger partial charge >= 0.3 is 0 Å². The molecular formula is C40H23N5O. The zero-order valence-electron chi connectivity index (χ0n) is 24.4. The number of rotatable bonds is 3. The minimum atomic E-state index is 0.549. The summed E-state index contributed by atoms with van der Waals surface area (Å²) in [6.45, 7) is 0. The molecule has 0 fully saturated rings. The molecule has 0 N–H and O–H groups in total. The van der Waals surface area contributed by atoms with Gasteiger partial charge in [0.2, 0.25) is 11.7 Å². The van der Waals surface area contributed by atoms with Crippen LogP contribution in [0.1, 0.15) is 0 Å². The number of benzene rings is 6. The Bertz CT molecular complexity index is 2830. The second-order valence-corrected chi connectivity index (χ2v) is 11.6. The van der Waals surface area contributed by atoms with Gasteiger partial charge in [0.15, 0.2) is 11.6 Å². The summed E-state index contributed by atoms with van der Waals surface area (Å²) in [5.74, 6) is 1.70.